The maximum absolute atomic E-state index is 11.3. The molecule has 0 spiro atoms. The van der Waals surface area contributed by atoms with Crippen LogP contribution in [0.2, 0.25) is 5.02 Å². The molecule has 0 bridgehead atoms. The van der Waals surface area contributed by atoms with E-state index in [0.717, 1.165) is 17.1 Å². The highest BCUT2D eigenvalue weighted by Gasteiger charge is 2.03. The average molecular weight is 305 g/mol. The number of carbonyl (C=O) groups is 1. The second-order valence-electron chi connectivity index (χ2n) is 4.50. The van der Waals surface area contributed by atoms with Gasteiger partial charge in [0.15, 0.2) is 0 Å². The SMILES string of the molecule is CCOC(=O)CCc1ccc(Oc2ccc(Cl)cc2)cc1. The molecule has 0 saturated heterocycles. The maximum atomic E-state index is 11.3. The lowest BCUT2D eigenvalue weighted by atomic mass is 10.1. The molecule has 110 valence electrons. The molecule has 0 amide bonds. The minimum atomic E-state index is -0.168. The summed E-state index contributed by atoms with van der Waals surface area (Å²) in [6, 6.07) is 14.9. The molecule has 0 heterocycles. The van der Waals surface area contributed by atoms with E-state index in [1.54, 1.807) is 19.1 Å². The summed E-state index contributed by atoms with van der Waals surface area (Å²) in [5.74, 6) is 1.31. The van der Waals surface area contributed by atoms with Crippen LogP contribution in [-0.2, 0) is 16.0 Å². The highest BCUT2D eigenvalue weighted by Crippen LogP contribution is 2.23. The third-order valence-corrected chi connectivity index (χ3v) is 3.15. The van der Waals surface area contributed by atoms with Crippen LogP contribution in [-0.4, -0.2) is 12.6 Å². The molecular formula is C17H17ClO3. The Bertz CT molecular complexity index is 576. The van der Waals surface area contributed by atoms with E-state index in [2.05, 4.69) is 0 Å². The Labute approximate surface area is 129 Å². The minimum absolute atomic E-state index is 0.168. The lowest BCUT2D eigenvalue weighted by molar-refractivity contribution is -0.143. The Morgan fingerprint density at radius 2 is 1.57 bits per heavy atom. The van der Waals surface area contributed by atoms with E-state index in [1.807, 2.05) is 36.4 Å². The highest BCUT2D eigenvalue weighted by molar-refractivity contribution is 6.30. The van der Waals surface area contributed by atoms with Gasteiger partial charge in [-0.2, -0.15) is 0 Å². The van der Waals surface area contributed by atoms with Crippen LogP contribution in [0.3, 0.4) is 0 Å². The van der Waals surface area contributed by atoms with Crippen LogP contribution in [0.5, 0.6) is 11.5 Å². The fourth-order valence-electron chi connectivity index (χ4n) is 1.84. The molecule has 4 heteroatoms. The fraction of sp³-hybridized carbons (Fsp3) is 0.235. The second kappa shape index (κ2) is 7.70. The molecule has 0 radical (unpaired) electrons. The van der Waals surface area contributed by atoms with Crippen LogP contribution >= 0.6 is 11.6 Å². The number of ether oxygens (including phenoxy) is 2. The third-order valence-electron chi connectivity index (χ3n) is 2.90. The van der Waals surface area contributed by atoms with Crippen LogP contribution in [0.4, 0.5) is 0 Å². The van der Waals surface area contributed by atoms with Gasteiger partial charge in [-0.3, -0.25) is 4.79 Å². The van der Waals surface area contributed by atoms with Gasteiger partial charge in [-0.15, -0.1) is 0 Å². The number of rotatable bonds is 6. The van der Waals surface area contributed by atoms with Crippen LogP contribution in [0.1, 0.15) is 18.9 Å². The van der Waals surface area contributed by atoms with Crippen molar-refractivity contribution < 1.29 is 14.3 Å². The molecule has 0 aliphatic carbocycles. The zero-order chi connectivity index (χ0) is 15.1. The van der Waals surface area contributed by atoms with Crippen molar-refractivity contribution in [2.45, 2.75) is 19.8 Å². The van der Waals surface area contributed by atoms with Gasteiger partial charge in [-0.1, -0.05) is 23.7 Å². The Morgan fingerprint density at radius 3 is 2.14 bits per heavy atom. The molecule has 21 heavy (non-hydrogen) atoms. The summed E-state index contributed by atoms with van der Waals surface area (Å²) in [5.41, 5.74) is 1.08. The first-order chi connectivity index (χ1) is 10.2. The van der Waals surface area contributed by atoms with Crippen molar-refractivity contribution in [1.82, 2.24) is 0 Å². The molecule has 0 aliphatic rings. The van der Waals surface area contributed by atoms with Gasteiger partial charge >= 0.3 is 5.97 Å². The van der Waals surface area contributed by atoms with E-state index in [0.29, 0.717) is 24.5 Å². The standard InChI is InChI=1S/C17H17ClO3/c1-2-20-17(19)12-5-13-3-8-15(9-4-13)21-16-10-6-14(18)7-11-16/h3-4,6-11H,2,5,12H2,1H3. The summed E-state index contributed by atoms with van der Waals surface area (Å²) >= 11 is 5.82. The molecule has 0 fully saturated rings. The van der Waals surface area contributed by atoms with E-state index in [-0.39, 0.29) is 5.97 Å². The smallest absolute Gasteiger partial charge is 0.306 e. The van der Waals surface area contributed by atoms with E-state index >= 15 is 0 Å². The zero-order valence-corrected chi connectivity index (χ0v) is 12.6. The van der Waals surface area contributed by atoms with E-state index in [1.165, 1.54) is 0 Å². The fourth-order valence-corrected chi connectivity index (χ4v) is 1.97. The highest BCUT2D eigenvalue weighted by atomic mass is 35.5. The summed E-state index contributed by atoms with van der Waals surface area (Å²) in [6.45, 7) is 2.23. The van der Waals surface area contributed by atoms with E-state index < -0.39 is 0 Å². The van der Waals surface area contributed by atoms with E-state index in [4.69, 9.17) is 21.1 Å². The Hall–Kier alpha value is -2.00. The van der Waals surface area contributed by atoms with Gasteiger partial charge in [0, 0.05) is 11.4 Å². The lowest BCUT2D eigenvalue weighted by Crippen LogP contribution is -2.05. The predicted molar refractivity (Wildman–Crippen MR) is 82.9 cm³/mol. The van der Waals surface area contributed by atoms with E-state index in [9.17, 15) is 4.79 Å². The lowest BCUT2D eigenvalue weighted by Gasteiger charge is -2.07. The molecule has 0 N–H and O–H groups in total. The summed E-state index contributed by atoms with van der Waals surface area (Å²) in [7, 11) is 0. The summed E-state index contributed by atoms with van der Waals surface area (Å²) < 4.78 is 10.6. The Kier molecular flexibility index (Phi) is 5.64. The molecule has 2 aromatic carbocycles. The first-order valence-corrected chi connectivity index (χ1v) is 7.23. The van der Waals surface area contributed by atoms with Gasteiger partial charge in [0.2, 0.25) is 0 Å². The van der Waals surface area contributed by atoms with Crippen molar-refractivity contribution in [1.29, 1.82) is 0 Å². The Morgan fingerprint density at radius 1 is 1.00 bits per heavy atom. The van der Waals surface area contributed by atoms with Crippen LogP contribution in [0.15, 0.2) is 48.5 Å². The van der Waals surface area contributed by atoms with Crippen LogP contribution in [0.25, 0.3) is 0 Å². The number of hydrogen-bond donors (Lipinski definition) is 0. The largest absolute Gasteiger partial charge is 0.466 e. The molecule has 0 saturated carbocycles. The quantitative estimate of drug-likeness (QED) is 0.730. The minimum Gasteiger partial charge on any atom is -0.466 e. The zero-order valence-electron chi connectivity index (χ0n) is 11.8. The predicted octanol–water partition coefficient (Wildman–Crippen LogP) is 4.63. The van der Waals surface area contributed by atoms with Gasteiger partial charge in [0.25, 0.3) is 0 Å². The number of hydrogen-bond acceptors (Lipinski definition) is 3. The molecular weight excluding hydrogens is 288 g/mol. The number of carbonyl (C=O) groups excluding carboxylic acids is 1. The van der Waals surface area contributed by atoms with Crippen molar-refractivity contribution in [2.24, 2.45) is 0 Å². The normalized spacial score (nSPS) is 10.2. The van der Waals surface area contributed by atoms with Crippen molar-refractivity contribution in [2.75, 3.05) is 6.61 Å². The van der Waals surface area contributed by atoms with Gasteiger partial charge in [0.1, 0.15) is 11.5 Å². The van der Waals surface area contributed by atoms with Crippen LogP contribution < -0.4 is 4.74 Å². The maximum Gasteiger partial charge on any atom is 0.306 e. The molecule has 2 rings (SSSR count). The van der Waals surface area contributed by atoms with Crippen molar-refractivity contribution in [3.63, 3.8) is 0 Å². The second-order valence-corrected chi connectivity index (χ2v) is 4.94. The monoisotopic (exact) mass is 304 g/mol. The Balaban J connectivity index is 1.89. The van der Waals surface area contributed by atoms with Gasteiger partial charge in [-0.05, 0) is 55.3 Å². The molecule has 0 unspecified atom stereocenters. The van der Waals surface area contributed by atoms with Crippen LogP contribution in [0, 0.1) is 0 Å². The van der Waals surface area contributed by atoms with Crippen molar-refractivity contribution in [3.05, 3.63) is 59.1 Å². The number of benzene rings is 2. The van der Waals surface area contributed by atoms with Crippen molar-refractivity contribution >= 4 is 17.6 Å². The number of esters is 1. The summed E-state index contributed by atoms with van der Waals surface area (Å²) in [6.07, 6.45) is 1.06. The first kappa shape index (κ1) is 15.4. The third kappa shape index (κ3) is 5.12. The first-order valence-electron chi connectivity index (χ1n) is 6.85. The van der Waals surface area contributed by atoms with Gasteiger partial charge in [-0.25, -0.2) is 0 Å². The van der Waals surface area contributed by atoms with Crippen molar-refractivity contribution in [3.8, 4) is 11.5 Å². The summed E-state index contributed by atoms with van der Waals surface area (Å²) in [5, 5.41) is 0.677. The molecule has 2 aromatic rings. The molecule has 3 nitrogen and oxygen atoms in total. The number of aryl methyl sites for hydroxylation is 1. The molecule has 0 aliphatic heterocycles. The molecule has 0 aromatic heterocycles. The number of halogens is 1. The van der Waals surface area contributed by atoms with Gasteiger partial charge in [0.05, 0.1) is 6.61 Å². The van der Waals surface area contributed by atoms with Gasteiger partial charge < -0.3 is 9.47 Å². The average Bonchev–Trinajstić information content (AvgIpc) is 2.49. The molecule has 0 atom stereocenters. The topological polar surface area (TPSA) is 35.5 Å². The summed E-state index contributed by atoms with van der Waals surface area (Å²) in [4.78, 5) is 11.3.